The molecule has 0 radical (unpaired) electrons. The van der Waals surface area contributed by atoms with E-state index in [4.69, 9.17) is 15.3 Å². The number of carboxylic acid groups (broad SMARTS) is 3. The van der Waals surface area contributed by atoms with Gasteiger partial charge in [-0.1, -0.05) is 19.8 Å². The van der Waals surface area contributed by atoms with Crippen LogP contribution in [0.25, 0.3) is 0 Å². The summed E-state index contributed by atoms with van der Waals surface area (Å²) >= 11 is 0. The van der Waals surface area contributed by atoms with E-state index in [2.05, 4.69) is 17.6 Å². The van der Waals surface area contributed by atoms with Crippen LogP contribution < -0.4 is 10.6 Å². The van der Waals surface area contributed by atoms with Gasteiger partial charge in [0.2, 0.25) is 11.8 Å². The zero-order valence-corrected chi connectivity index (χ0v) is 16.4. The maximum absolute atomic E-state index is 11.3. The standard InChI is InChI=1S/C12H20N2O6.C6H12O2/c15-9(13-7-1-3-11(17)18)5-6-10(16)14-8-2-4-12(19)20;1-2-3-4-5-6(7)8/h1-8H2,(H,13,15)(H,14,16)(H,17,18)(H,19,20);2-5H2,1H3,(H,7,8). The van der Waals surface area contributed by atoms with Crippen LogP contribution in [0.3, 0.4) is 0 Å². The maximum Gasteiger partial charge on any atom is 0.303 e. The number of carbonyl (C=O) groups excluding carboxylic acids is 2. The smallest absolute Gasteiger partial charge is 0.303 e. The summed E-state index contributed by atoms with van der Waals surface area (Å²) in [6, 6.07) is 0. The van der Waals surface area contributed by atoms with Crippen molar-refractivity contribution in [2.24, 2.45) is 0 Å². The summed E-state index contributed by atoms with van der Waals surface area (Å²) < 4.78 is 0. The van der Waals surface area contributed by atoms with Crippen LogP contribution in [0.5, 0.6) is 0 Å². The summed E-state index contributed by atoms with van der Waals surface area (Å²) in [6.45, 7) is 2.60. The number of hydrogen-bond acceptors (Lipinski definition) is 5. The molecule has 10 nitrogen and oxygen atoms in total. The van der Waals surface area contributed by atoms with Crippen molar-refractivity contribution in [1.29, 1.82) is 0 Å². The molecule has 0 atom stereocenters. The first-order valence-corrected chi connectivity index (χ1v) is 9.37. The van der Waals surface area contributed by atoms with E-state index in [0.29, 0.717) is 19.3 Å². The molecule has 0 saturated heterocycles. The lowest BCUT2D eigenvalue weighted by molar-refractivity contribution is -0.138. The predicted molar refractivity (Wildman–Crippen MR) is 101 cm³/mol. The van der Waals surface area contributed by atoms with Crippen molar-refractivity contribution in [3.63, 3.8) is 0 Å². The number of hydrogen-bond donors (Lipinski definition) is 5. The van der Waals surface area contributed by atoms with Gasteiger partial charge in [0, 0.05) is 45.2 Å². The summed E-state index contributed by atoms with van der Waals surface area (Å²) in [4.78, 5) is 52.9. The summed E-state index contributed by atoms with van der Waals surface area (Å²) in [7, 11) is 0. The Hall–Kier alpha value is -2.65. The number of amides is 2. The number of nitrogens with one attached hydrogen (secondary N) is 2. The quantitative estimate of drug-likeness (QED) is 0.255. The first-order chi connectivity index (χ1) is 13.2. The highest BCUT2D eigenvalue weighted by atomic mass is 16.4. The van der Waals surface area contributed by atoms with Crippen LogP contribution in [0.4, 0.5) is 0 Å². The molecule has 0 bridgehead atoms. The molecular formula is C18H32N2O8. The largest absolute Gasteiger partial charge is 0.481 e. The fourth-order valence-corrected chi connectivity index (χ4v) is 1.86. The van der Waals surface area contributed by atoms with Crippen LogP contribution in [-0.4, -0.2) is 58.1 Å². The Morgan fingerprint density at radius 2 is 0.929 bits per heavy atom. The molecule has 10 heteroatoms. The van der Waals surface area contributed by atoms with E-state index < -0.39 is 17.9 Å². The minimum atomic E-state index is -0.917. The van der Waals surface area contributed by atoms with Gasteiger partial charge in [0.1, 0.15) is 0 Å². The highest BCUT2D eigenvalue weighted by Crippen LogP contribution is 1.97. The molecule has 2 amide bonds. The average molecular weight is 404 g/mol. The van der Waals surface area contributed by atoms with Gasteiger partial charge in [-0.15, -0.1) is 0 Å². The number of rotatable bonds is 15. The summed E-state index contributed by atoms with van der Waals surface area (Å²) in [5, 5.41) is 30.0. The van der Waals surface area contributed by atoms with Gasteiger partial charge in [-0.2, -0.15) is 0 Å². The second-order valence-electron chi connectivity index (χ2n) is 6.05. The molecule has 5 N–H and O–H groups in total. The van der Waals surface area contributed by atoms with E-state index in [1.54, 1.807) is 0 Å². The zero-order chi connectivity index (χ0) is 21.8. The summed E-state index contributed by atoms with van der Waals surface area (Å²) in [6.07, 6.45) is 4.01. The fourth-order valence-electron chi connectivity index (χ4n) is 1.86. The van der Waals surface area contributed by atoms with Gasteiger partial charge >= 0.3 is 17.9 Å². The normalized spacial score (nSPS) is 9.61. The van der Waals surface area contributed by atoms with E-state index in [-0.39, 0.29) is 50.6 Å². The van der Waals surface area contributed by atoms with E-state index >= 15 is 0 Å². The third-order valence-electron chi connectivity index (χ3n) is 3.35. The van der Waals surface area contributed by atoms with Gasteiger partial charge in [-0.3, -0.25) is 24.0 Å². The maximum atomic E-state index is 11.3. The number of carbonyl (C=O) groups is 5. The molecule has 0 aromatic heterocycles. The topological polar surface area (TPSA) is 170 Å². The van der Waals surface area contributed by atoms with Crippen LogP contribution in [0.2, 0.25) is 0 Å². The van der Waals surface area contributed by atoms with Crippen molar-refractivity contribution in [2.45, 2.75) is 71.1 Å². The van der Waals surface area contributed by atoms with Crippen LogP contribution in [0.15, 0.2) is 0 Å². The molecule has 0 heterocycles. The summed E-state index contributed by atoms with van der Waals surface area (Å²) in [5.74, 6) is -3.13. The van der Waals surface area contributed by atoms with Crippen molar-refractivity contribution >= 4 is 29.7 Å². The lowest BCUT2D eigenvalue weighted by Gasteiger charge is -2.05. The molecule has 0 aliphatic heterocycles. The highest BCUT2D eigenvalue weighted by Gasteiger charge is 2.07. The van der Waals surface area contributed by atoms with Crippen molar-refractivity contribution < 1.29 is 39.3 Å². The molecule has 162 valence electrons. The number of aliphatic carboxylic acids is 3. The fraction of sp³-hybridized carbons (Fsp3) is 0.722. The minimum Gasteiger partial charge on any atom is -0.481 e. The van der Waals surface area contributed by atoms with Crippen molar-refractivity contribution in [1.82, 2.24) is 10.6 Å². The van der Waals surface area contributed by atoms with Gasteiger partial charge in [0.05, 0.1) is 0 Å². The molecule has 0 saturated carbocycles. The summed E-state index contributed by atoms with van der Waals surface area (Å²) in [5.41, 5.74) is 0. The van der Waals surface area contributed by atoms with E-state index in [0.717, 1.165) is 19.3 Å². The van der Waals surface area contributed by atoms with Crippen molar-refractivity contribution in [3.05, 3.63) is 0 Å². The van der Waals surface area contributed by atoms with Crippen LogP contribution >= 0.6 is 0 Å². The Bertz CT molecular complexity index is 460. The zero-order valence-electron chi connectivity index (χ0n) is 16.4. The van der Waals surface area contributed by atoms with E-state index in [1.165, 1.54) is 0 Å². The van der Waals surface area contributed by atoms with Crippen LogP contribution in [-0.2, 0) is 24.0 Å². The predicted octanol–water partition coefficient (Wildman–Crippen LogP) is 1.38. The van der Waals surface area contributed by atoms with E-state index in [1.807, 2.05) is 0 Å². The second kappa shape index (κ2) is 19.1. The Kier molecular flexibility index (Phi) is 18.8. The number of carboxylic acids is 3. The molecule has 0 aromatic rings. The Morgan fingerprint density at radius 3 is 1.25 bits per heavy atom. The molecule has 28 heavy (non-hydrogen) atoms. The lowest BCUT2D eigenvalue weighted by atomic mass is 10.2. The van der Waals surface area contributed by atoms with Gasteiger partial charge in [0.15, 0.2) is 0 Å². The van der Waals surface area contributed by atoms with Gasteiger partial charge in [0.25, 0.3) is 0 Å². The van der Waals surface area contributed by atoms with Gasteiger partial charge in [-0.25, -0.2) is 0 Å². The van der Waals surface area contributed by atoms with Crippen molar-refractivity contribution in [3.8, 4) is 0 Å². The Balaban J connectivity index is 0. The average Bonchev–Trinajstić information content (AvgIpc) is 2.61. The molecule has 0 fully saturated rings. The molecule has 0 rings (SSSR count). The first-order valence-electron chi connectivity index (χ1n) is 9.37. The molecule has 0 aliphatic rings. The molecule has 0 spiro atoms. The van der Waals surface area contributed by atoms with Crippen LogP contribution in [0.1, 0.15) is 71.1 Å². The number of unbranched alkanes of at least 4 members (excludes halogenated alkanes) is 2. The molecule has 0 unspecified atom stereocenters. The minimum absolute atomic E-state index is 0.00958. The van der Waals surface area contributed by atoms with Gasteiger partial charge < -0.3 is 26.0 Å². The van der Waals surface area contributed by atoms with Gasteiger partial charge in [-0.05, 0) is 19.3 Å². The SMILES string of the molecule is CCCCCC(=O)O.O=C(O)CCCNC(=O)CCC(=O)NCCCC(=O)O. The second-order valence-corrected chi connectivity index (χ2v) is 6.05. The third kappa shape index (κ3) is 25.6. The first kappa shape index (κ1) is 27.6. The Morgan fingerprint density at radius 1 is 0.571 bits per heavy atom. The molecule has 0 aromatic carbocycles. The third-order valence-corrected chi connectivity index (χ3v) is 3.35. The highest BCUT2D eigenvalue weighted by molar-refractivity contribution is 5.83. The lowest BCUT2D eigenvalue weighted by Crippen LogP contribution is -2.29. The molecule has 0 aliphatic carbocycles. The van der Waals surface area contributed by atoms with E-state index in [9.17, 15) is 24.0 Å². The Labute approximate surface area is 164 Å². The monoisotopic (exact) mass is 404 g/mol. The van der Waals surface area contributed by atoms with Crippen LogP contribution in [0, 0.1) is 0 Å². The molecular weight excluding hydrogens is 372 g/mol. The van der Waals surface area contributed by atoms with Crippen molar-refractivity contribution in [2.75, 3.05) is 13.1 Å².